The fourth-order valence-electron chi connectivity index (χ4n) is 10.7. The zero-order valence-electron chi connectivity index (χ0n) is 35.5. The summed E-state index contributed by atoms with van der Waals surface area (Å²) in [6.45, 7) is 4.42. The highest BCUT2D eigenvalue weighted by Gasteiger charge is 2.52. The Morgan fingerprint density at radius 3 is 1.91 bits per heavy atom. The summed E-state index contributed by atoms with van der Waals surface area (Å²) >= 11 is 3.99. The third-order valence-electron chi connectivity index (χ3n) is 13.6. The van der Waals surface area contributed by atoms with Crippen molar-refractivity contribution in [3.8, 4) is 50.5 Å². The van der Waals surface area contributed by atoms with E-state index in [-0.39, 0.29) is 5.92 Å². The van der Waals surface area contributed by atoms with Gasteiger partial charge in [0, 0.05) is 32.9 Å². The van der Waals surface area contributed by atoms with Gasteiger partial charge in [-0.2, -0.15) is 0 Å². The number of aliphatic imine (C=N–C) groups is 1. The number of nitrogens with zero attached hydrogens (tertiary/aromatic N) is 3. The van der Waals surface area contributed by atoms with Gasteiger partial charge in [0.25, 0.3) is 0 Å². The molecule has 0 bridgehead atoms. The molecule has 4 heteroatoms. The Morgan fingerprint density at radius 1 is 0.547 bits per heavy atom. The van der Waals surface area contributed by atoms with Crippen molar-refractivity contribution in [1.29, 1.82) is 0 Å². The van der Waals surface area contributed by atoms with Gasteiger partial charge in [0.1, 0.15) is 5.82 Å². The Balaban J connectivity index is 1.12. The molecule has 0 radical (unpaired) electrons. The van der Waals surface area contributed by atoms with Crippen LogP contribution in [-0.4, -0.2) is 15.3 Å². The van der Waals surface area contributed by atoms with Crippen LogP contribution in [0.5, 0.6) is 0 Å². The van der Waals surface area contributed by atoms with E-state index >= 15 is 0 Å². The molecule has 0 saturated carbocycles. The highest BCUT2D eigenvalue weighted by molar-refractivity contribution is 9.10. The van der Waals surface area contributed by atoms with E-state index in [4.69, 9.17) is 9.98 Å². The summed E-state index contributed by atoms with van der Waals surface area (Å²) in [5.74, 6) is 1.06. The minimum Gasteiger partial charge on any atom is -0.292 e. The van der Waals surface area contributed by atoms with Crippen LogP contribution in [0, 0.1) is 0 Å². The number of benzene rings is 9. The maximum Gasteiger partial charge on any atom is 0.145 e. The van der Waals surface area contributed by atoms with E-state index in [0.717, 1.165) is 55.1 Å². The lowest BCUT2D eigenvalue weighted by Crippen LogP contribution is -2.25. The van der Waals surface area contributed by atoms with Crippen molar-refractivity contribution in [3.63, 3.8) is 0 Å². The quantitative estimate of drug-likeness (QED) is 0.147. The lowest BCUT2D eigenvalue weighted by molar-refractivity contribution is 0.793. The second kappa shape index (κ2) is 15.1. The minimum absolute atomic E-state index is 0.174. The van der Waals surface area contributed by atoms with E-state index < -0.39 is 5.41 Å². The number of hydrogen-bond acceptors (Lipinski definition) is 2. The molecule has 3 nitrogen and oxygen atoms in total. The number of fused-ring (bicyclic) bond motifs is 11. The molecule has 2 atom stereocenters. The molecule has 0 amide bonds. The molecule has 64 heavy (non-hydrogen) atoms. The molecular weight excluding hydrogens is 843 g/mol. The number of rotatable bonds is 7. The summed E-state index contributed by atoms with van der Waals surface area (Å²) in [4.78, 5) is 10.9. The van der Waals surface area contributed by atoms with E-state index in [1.165, 1.54) is 61.2 Å². The smallest absolute Gasteiger partial charge is 0.145 e. The van der Waals surface area contributed by atoms with Gasteiger partial charge in [-0.25, -0.2) is 4.98 Å². The van der Waals surface area contributed by atoms with Crippen LogP contribution < -0.4 is 0 Å². The van der Waals surface area contributed by atoms with Crippen molar-refractivity contribution in [1.82, 2.24) is 9.55 Å². The van der Waals surface area contributed by atoms with Crippen LogP contribution in [0.3, 0.4) is 0 Å². The number of imidazole rings is 1. The Morgan fingerprint density at radius 2 is 1.12 bits per heavy atom. The monoisotopic (exact) mass is 883 g/mol. The van der Waals surface area contributed by atoms with Gasteiger partial charge in [0.15, 0.2) is 0 Å². The second-order valence-electron chi connectivity index (χ2n) is 17.0. The average molecular weight is 885 g/mol. The molecule has 2 aliphatic carbocycles. The Hall–Kier alpha value is -7.40. The van der Waals surface area contributed by atoms with Gasteiger partial charge in [0.2, 0.25) is 0 Å². The van der Waals surface area contributed by atoms with Crippen molar-refractivity contribution >= 4 is 38.4 Å². The number of aromatic nitrogens is 2. The van der Waals surface area contributed by atoms with Gasteiger partial charge >= 0.3 is 0 Å². The highest BCUT2D eigenvalue weighted by Crippen LogP contribution is 2.65. The maximum absolute atomic E-state index is 5.48. The molecule has 1 heterocycles. The standard InChI is InChI=1S/C60H42BrN3/c1-38(40-19-5-3-6-20-40)45-23-11-14-32-54(45)62-39(2)41-35-42(37-43(36-41)59-63-55-33-15-16-34-56(55)64(59)44-21-7-4-8-22-44)46-26-17-29-51-57(46)47-24-9-12-27-49(47)60(51)50-28-13-10-25-48(50)58-52(60)30-18-31-53(58)61/h3-38H,1-2H3/t38-,60?/m0/s1. The molecule has 10 aromatic rings. The van der Waals surface area contributed by atoms with Crippen LogP contribution >= 0.6 is 15.9 Å². The summed E-state index contributed by atoms with van der Waals surface area (Å²) < 4.78 is 3.41. The van der Waals surface area contributed by atoms with Crippen LogP contribution in [0.1, 0.15) is 58.7 Å². The van der Waals surface area contributed by atoms with E-state index in [1.54, 1.807) is 0 Å². The van der Waals surface area contributed by atoms with Crippen molar-refractivity contribution in [2.75, 3.05) is 0 Å². The topological polar surface area (TPSA) is 30.2 Å². The second-order valence-corrected chi connectivity index (χ2v) is 17.9. The summed E-state index contributed by atoms with van der Waals surface area (Å²) in [5, 5.41) is 0. The number of halogens is 1. The molecule has 0 N–H and O–H groups in total. The summed E-state index contributed by atoms with van der Waals surface area (Å²) in [6.07, 6.45) is 0. The fourth-order valence-corrected chi connectivity index (χ4v) is 11.3. The largest absolute Gasteiger partial charge is 0.292 e. The average Bonchev–Trinajstić information content (AvgIpc) is 4.00. The maximum atomic E-state index is 5.48. The molecule has 1 spiro atoms. The fraction of sp³-hybridized carbons (Fsp3) is 0.0667. The molecule has 0 saturated heterocycles. The lowest BCUT2D eigenvalue weighted by Gasteiger charge is -2.30. The Bertz CT molecular complexity index is 3490. The Labute approximate surface area is 382 Å². The molecule has 0 aliphatic heterocycles. The van der Waals surface area contributed by atoms with E-state index in [2.05, 4.69) is 247 Å². The van der Waals surface area contributed by atoms with Crippen molar-refractivity contribution in [3.05, 3.63) is 256 Å². The van der Waals surface area contributed by atoms with Crippen molar-refractivity contribution in [2.45, 2.75) is 25.2 Å². The van der Waals surface area contributed by atoms with Crippen LogP contribution in [0.4, 0.5) is 5.69 Å². The zero-order valence-corrected chi connectivity index (χ0v) is 37.1. The zero-order chi connectivity index (χ0) is 42.9. The first-order chi connectivity index (χ1) is 31.5. The van der Waals surface area contributed by atoms with Crippen LogP contribution in [0.25, 0.3) is 61.5 Å². The van der Waals surface area contributed by atoms with Crippen LogP contribution in [0.2, 0.25) is 0 Å². The highest BCUT2D eigenvalue weighted by atomic mass is 79.9. The molecule has 2 aliphatic rings. The molecular formula is C60H42BrN3. The minimum atomic E-state index is -0.476. The van der Waals surface area contributed by atoms with Gasteiger partial charge in [-0.1, -0.05) is 181 Å². The predicted octanol–water partition coefficient (Wildman–Crippen LogP) is 15.8. The van der Waals surface area contributed by atoms with Gasteiger partial charge < -0.3 is 0 Å². The SMILES string of the molecule is CC(=Nc1ccccc1[C@@H](C)c1ccccc1)c1cc(-c2cccc3c2-c2ccccc2C32c3ccccc3-c3c(Br)cccc32)cc(-c2nc3ccccc3n2-c2ccccc2)c1. The van der Waals surface area contributed by atoms with Crippen LogP contribution in [0.15, 0.2) is 222 Å². The molecule has 304 valence electrons. The molecule has 9 aromatic carbocycles. The van der Waals surface area contributed by atoms with Gasteiger partial charge in [-0.3, -0.25) is 9.56 Å². The third kappa shape index (κ3) is 5.79. The van der Waals surface area contributed by atoms with Crippen molar-refractivity contribution in [2.24, 2.45) is 4.99 Å². The number of hydrogen-bond donors (Lipinski definition) is 0. The van der Waals surface area contributed by atoms with E-state index in [1.807, 2.05) is 0 Å². The first-order valence-corrected chi connectivity index (χ1v) is 22.8. The molecule has 1 aromatic heterocycles. The predicted molar refractivity (Wildman–Crippen MR) is 268 cm³/mol. The molecule has 12 rings (SSSR count). The normalized spacial score (nSPS) is 15.2. The first-order valence-electron chi connectivity index (χ1n) is 22.0. The Kier molecular flexibility index (Phi) is 9.06. The van der Waals surface area contributed by atoms with Gasteiger partial charge in [-0.05, 0) is 128 Å². The first kappa shape index (κ1) is 38.3. The van der Waals surface area contributed by atoms with Gasteiger partial charge in [-0.15, -0.1) is 0 Å². The summed E-state index contributed by atoms with van der Waals surface area (Å²) in [7, 11) is 0. The third-order valence-corrected chi connectivity index (χ3v) is 14.2. The van der Waals surface area contributed by atoms with E-state index in [9.17, 15) is 0 Å². The van der Waals surface area contributed by atoms with Crippen LogP contribution in [-0.2, 0) is 5.41 Å². The molecule has 0 fully saturated rings. The summed E-state index contributed by atoms with van der Waals surface area (Å²) in [5.41, 5.74) is 21.6. The van der Waals surface area contributed by atoms with E-state index in [0.29, 0.717) is 0 Å². The van der Waals surface area contributed by atoms with Crippen molar-refractivity contribution < 1.29 is 0 Å². The lowest BCUT2D eigenvalue weighted by atomic mass is 9.70. The van der Waals surface area contributed by atoms with Gasteiger partial charge in [0.05, 0.1) is 22.1 Å². The summed E-state index contributed by atoms with van der Waals surface area (Å²) in [6, 6.07) is 77.0. The molecule has 1 unspecified atom stereocenters. The number of para-hydroxylation sites is 4.